The van der Waals surface area contributed by atoms with Gasteiger partial charge in [-0.05, 0) is 0 Å². The molecule has 10 heteroatoms. The summed E-state index contributed by atoms with van der Waals surface area (Å²) in [7, 11) is 0. The van der Waals surface area contributed by atoms with Gasteiger partial charge in [0.05, 0.1) is 12.3 Å². The van der Waals surface area contributed by atoms with Gasteiger partial charge in [-0.25, -0.2) is 9.18 Å². The normalized spacial score (nSPS) is 29.6. The molecule has 3 unspecified atom stereocenters. The molecule has 106 valence electrons. The predicted molar refractivity (Wildman–Crippen MR) is 58.2 cm³/mol. The van der Waals surface area contributed by atoms with E-state index < -0.39 is 36.7 Å². The number of nitrogens with two attached hydrogens (primary N) is 2. The number of halogens is 3. The first kappa shape index (κ1) is 13.6. The van der Waals surface area contributed by atoms with Crippen LogP contribution in [0, 0.1) is 0 Å². The summed E-state index contributed by atoms with van der Waals surface area (Å²) in [6, 6.07) is 0. The minimum atomic E-state index is -4.00. The maximum absolute atomic E-state index is 13.7. The minimum absolute atomic E-state index is 0.221. The summed E-state index contributed by atoms with van der Waals surface area (Å²) in [6.45, 7) is -0.945. The van der Waals surface area contributed by atoms with E-state index >= 15 is 0 Å². The van der Waals surface area contributed by atoms with Gasteiger partial charge < -0.3 is 21.3 Å². The molecule has 7 nitrogen and oxygen atoms in total. The molecule has 0 aliphatic carbocycles. The van der Waals surface area contributed by atoms with Gasteiger partial charge >= 0.3 is 11.6 Å². The number of hydrogen-bond acceptors (Lipinski definition) is 6. The Hall–Kier alpha value is -1.81. The van der Waals surface area contributed by atoms with Crippen LogP contribution in [0.3, 0.4) is 0 Å². The van der Waals surface area contributed by atoms with E-state index in [1.165, 1.54) is 0 Å². The summed E-state index contributed by atoms with van der Waals surface area (Å²) in [4.78, 5) is 14.7. The van der Waals surface area contributed by atoms with E-state index in [9.17, 15) is 18.0 Å². The molecule has 0 radical (unpaired) electrons. The number of nitrogens with zero attached hydrogens (tertiary/aromatic N) is 2. The maximum Gasteiger partial charge on any atom is 0.351 e. The lowest BCUT2D eigenvalue weighted by atomic mass is 10.1. The van der Waals surface area contributed by atoms with Crippen LogP contribution in [0.15, 0.2) is 11.0 Å². The average Bonchev–Trinajstić information content (AvgIpc) is 2.56. The molecule has 1 aliphatic rings. The molecule has 3 atom stereocenters. The van der Waals surface area contributed by atoms with Gasteiger partial charge in [0.15, 0.2) is 12.0 Å². The Morgan fingerprint density at radius 3 is 2.68 bits per heavy atom. The van der Waals surface area contributed by atoms with Gasteiger partial charge in [-0.15, -0.1) is 0 Å². The van der Waals surface area contributed by atoms with Gasteiger partial charge in [0.1, 0.15) is 6.10 Å². The summed E-state index contributed by atoms with van der Waals surface area (Å²) in [5.41, 5.74) is 9.23. The molecule has 1 saturated heterocycles. The first-order chi connectivity index (χ1) is 8.78. The first-order valence-corrected chi connectivity index (χ1v) is 5.21. The summed E-state index contributed by atoms with van der Waals surface area (Å²) in [5.74, 6) is -4.32. The number of nitrogen functional groups attached to an aromatic ring is 2. The van der Waals surface area contributed by atoms with Gasteiger partial charge in [-0.2, -0.15) is 13.8 Å². The van der Waals surface area contributed by atoms with Crippen molar-refractivity contribution in [3.63, 3.8) is 0 Å². The first-order valence-electron chi connectivity index (χ1n) is 5.21. The third-order valence-electron chi connectivity index (χ3n) is 2.77. The minimum Gasteiger partial charge on any atom is -0.395 e. The standard InChI is InChI=1S/C9H11F3N4O3/c10-5-4(2-17)19-7(9(5,11)12)16-1-3(13)6(14)15-8(16)18/h1,4-5,7,17H,2,13H2,(H2,14,15,18). The van der Waals surface area contributed by atoms with Crippen LogP contribution in [0.2, 0.25) is 0 Å². The Labute approximate surface area is 104 Å². The van der Waals surface area contributed by atoms with E-state index in [4.69, 9.17) is 16.6 Å². The van der Waals surface area contributed by atoms with Gasteiger partial charge in [0, 0.05) is 6.20 Å². The average molecular weight is 280 g/mol. The zero-order valence-electron chi connectivity index (χ0n) is 9.46. The molecule has 0 bridgehead atoms. The molecular weight excluding hydrogens is 269 g/mol. The summed E-state index contributed by atoms with van der Waals surface area (Å²) < 4.78 is 45.7. The van der Waals surface area contributed by atoms with Crippen LogP contribution < -0.4 is 17.2 Å². The van der Waals surface area contributed by atoms with Gasteiger partial charge in [-0.1, -0.05) is 0 Å². The SMILES string of the molecule is Nc1cn(C2OC(CO)C(F)C2(F)F)c(=O)nc1N. The number of alkyl halides is 3. The monoisotopic (exact) mass is 280 g/mol. The van der Waals surface area contributed by atoms with Gasteiger partial charge in [0.2, 0.25) is 6.23 Å². The molecular formula is C9H11F3N4O3. The van der Waals surface area contributed by atoms with Crippen molar-refractivity contribution in [2.45, 2.75) is 24.4 Å². The fourth-order valence-electron chi connectivity index (χ4n) is 1.76. The van der Waals surface area contributed by atoms with Crippen LogP contribution >= 0.6 is 0 Å². The highest BCUT2D eigenvalue weighted by Crippen LogP contribution is 2.43. The summed E-state index contributed by atoms with van der Waals surface area (Å²) in [6.07, 6.45) is -5.91. The van der Waals surface area contributed by atoms with Crippen molar-refractivity contribution in [3.05, 3.63) is 16.7 Å². The third-order valence-corrected chi connectivity index (χ3v) is 2.77. The van der Waals surface area contributed by atoms with Crippen LogP contribution in [-0.2, 0) is 4.74 Å². The Balaban J connectivity index is 2.48. The lowest BCUT2D eigenvalue weighted by Gasteiger charge is -2.20. The highest BCUT2D eigenvalue weighted by Gasteiger charge is 2.60. The van der Waals surface area contributed by atoms with Crippen molar-refractivity contribution >= 4 is 11.5 Å². The summed E-state index contributed by atoms with van der Waals surface area (Å²) >= 11 is 0. The van der Waals surface area contributed by atoms with Crippen molar-refractivity contribution in [1.29, 1.82) is 0 Å². The second kappa shape index (κ2) is 4.38. The van der Waals surface area contributed by atoms with Crippen molar-refractivity contribution in [2.24, 2.45) is 0 Å². The van der Waals surface area contributed by atoms with E-state index in [-0.39, 0.29) is 11.5 Å². The third kappa shape index (κ3) is 2.02. The van der Waals surface area contributed by atoms with Crippen LogP contribution in [-0.4, -0.2) is 39.5 Å². The fraction of sp³-hybridized carbons (Fsp3) is 0.556. The molecule has 0 spiro atoms. The molecule has 1 fully saturated rings. The molecule has 1 aliphatic heterocycles. The van der Waals surface area contributed by atoms with Crippen LogP contribution in [0.1, 0.15) is 6.23 Å². The predicted octanol–water partition coefficient (Wildman–Crippen LogP) is -0.729. The molecule has 0 amide bonds. The van der Waals surface area contributed by atoms with Crippen molar-refractivity contribution in [1.82, 2.24) is 9.55 Å². The Morgan fingerprint density at radius 2 is 2.16 bits per heavy atom. The van der Waals surface area contributed by atoms with Gasteiger partial charge in [-0.3, -0.25) is 4.57 Å². The smallest absolute Gasteiger partial charge is 0.351 e. The quantitative estimate of drug-likeness (QED) is 0.657. The zero-order chi connectivity index (χ0) is 14.4. The largest absolute Gasteiger partial charge is 0.395 e. The number of aliphatic hydroxyl groups is 1. The fourth-order valence-corrected chi connectivity index (χ4v) is 1.76. The second-order valence-electron chi connectivity index (χ2n) is 4.06. The molecule has 5 N–H and O–H groups in total. The van der Waals surface area contributed by atoms with E-state index in [0.29, 0.717) is 4.57 Å². The lowest BCUT2D eigenvalue weighted by Crippen LogP contribution is -2.40. The van der Waals surface area contributed by atoms with Crippen molar-refractivity contribution < 1.29 is 23.0 Å². The van der Waals surface area contributed by atoms with Crippen molar-refractivity contribution in [3.8, 4) is 0 Å². The molecule has 1 aromatic rings. The van der Waals surface area contributed by atoms with Crippen LogP contribution in [0.5, 0.6) is 0 Å². The topological polar surface area (TPSA) is 116 Å². The van der Waals surface area contributed by atoms with E-state index in [2.05, 4.69) is 9.72 Å². The number of rotatable bonds is 2. The molecule has 0 aromatic carbocycles. The number of hydrogen-bond donors (Lipinski definition) is 3. The van der Waals surface area contributed by atoms with E-state index in [1.807, 2.05) is 0 Å². The lowest BCUT2D eigenvalue weighted by molar-refractivity contribution is -0.130. The molecule has 2 heterocycles. The highest BCUT2D eigenvalue weighted by atomic mass is 19.3. The Kier molecular flexibility index (Phi) is 3.14. The summed E-state index contributed by atoms with van der Waals surface area (Å²) in [5, 5.41) is 8.76. The molecule has 2 rings (SSSR count). The number of aliphatic hydroxyl groups excluding tert-OH is 1. The van der Waals surface area contributed by atoms with E-state index in [0.717, 1.165) is 6.20 Å². The van der Waals surface area contributed by atoms with Crippen LogP contribution in [0.4, 0.5) is 24.7 Å². The number of anilines is 2. The maximum atomic E-state index is 13.7. The Bertz CT molecular complexity index is 550. The number of aromatic nitrogens is 2. The van der Waals surface area contributed by atoms with Crippen molar-refractivity contribution in [2.75, 3.05) is 18.1 Å². The Morgan fingerprint density at radius 1 is 1.53 bits per heavy atom. The second-order valence-corrected chi connectivity index (χ2v) is 4.06. The zero-order valence-corrected chi connectivity index (χ0v) is 9.46. The molecule has 19 heavy (non-hydrogen) atoms. The molecule has 0 saturated carbocycles. The van der Waals surface area contributed by atoms with Crippen LogP contribution in [0.25, 0.3) is 0 Å². The van der Waals surface area contributed by atoms with E-state index in [1.54, 1.807) is 0 Å². The number of ether oxygens (including phenoxy) is 1. The molecule has 1 aromatic heterocycles. The van der Waals surface area contributed by atoms with Gasteiger partial charge in [0.25, 0.3) is 0 Å². The highest BCUT2D eigenvalue weighted by molar-refractivity contribution is 5.55.